The van der Waals surface area contributed by atoms with Gasteiger partial charge in [-0.15, -0.1) is 13.2 Å². The second kappa shape index (κ2) is 7.58. The van der Waals surface area contributed by atoms with Crippen molar-refractivity contribution in [3.63, 3.8) is 0 Å². The summed E-state index contributed by atoms with van der Waals surface area (Å²) in [6.07, 6.45) is 6.15. The third kappa shape index (κ3) is 2.97. The summed E-state index contributed by atoms with van der Waals surface area (Å²) in [4.78, 5) is 24.8. The second-order valence-corrected chi connectivity index (χ2v) is 5.92. The smallest absolute Gasteiger partial charge is 0.253 e. The normalized spacial score (nSPS) is 35.7. The molecule has 4 atom stereocenters. The highest BCUT2D eigenvalue weighted by Crippen LogP contribution is 2.71. The van der Waals surface area contributed by atoms with Gasteiger partial charge < -0.3 is 0 Å². The zero-order chi connectivity index (χ0) is 16.8. The van der Waals surface area contributed by atoms with Gasteiger partial charge in [-0.05, 0) is 50.0 Å². The lowest BCUT2D eigenvalue weighted by Crippen LogP contribution is -2.55. The molecule has 2 rings (SSSR count). The van der Waals surface area contributed by atoms with Crippen molar-refractivity contribution in [3.8, 4) is 0 Å². The number of nitrogens with zero attached hydrogens (tertiary/aromatic N) is 1. The number of allylic oxidation sites excluding steroid dienone is 1. The Morgan fingerprint density at radius 2 is 1.81 bits per heavy atom. The van der Waals surface area contributed by atoms with Crippen LogP contribution in [0.15, 0.2) is 25.3 Å². The van der Waals surface area contributed by atoms with E-state index in [-0.39, 0.29) is 16.9 Å². The van der Waals surface area contributed by atoms with Crippen LogP contribution in [0.25, 0.3) is 0 Å². The molecule has 0 bridgehead atoms. The van der Waals surface area contributed by atoms with Crippen LogP contribution in [0.4, 0.5) is 0 Å². The molecule has 21 heavy (non-hydrogen) atoms. The molecule has 0 N–H and O–H groups in total. The Bertz CT molecular complexity index is 404. The molecule has 3 heteroatoms. The molecule has 2 aliphatic rings. The summed E-state index contributed by atoms with van der Waals surface area (Å²) in [5.74, 6) is 0.875. The lowest BCUT2D eigenvalue weighted by molar-refractivity contribution is -0.145. The van der Waals surface area contributed by atoms with E-state index in [2.05, 4.69) is 33.9 Å². The molecule has 0 aliphatic heterocycles. The fraction of sp³-hybridized carbons (Fsp3) is 0.667. The number of amides is 2. The van der Waals surface area contributed by atoms with Gasteiger partial charge in [-0.3, -0.25) is 14.5 Å². The van der Waals surface area contributed by atoms with Crippen molar-refractivity contribution in [2.45, 2.75) is 59.9 Å². The molecule has 2 amide bonds. The van der Waals surface area contributed by atoms with Gasteiger partial charge in [0.15, 0.2) is 0 Å². The lowest BCUT2D eigenvalue weighted by Gasteiger charge is -2.43. The van der Waals surface area contributed by atoms with Gasteiger partial charge in [0, 0.05) is 0 Å². The number of fused-ring (bicyclic) bond motifs is 1. The highest BCUT2D eigenvalue weighted by atomic mass is 16.2. The largest absolute Gasteiger partial charge is 0.278 e. The van der Waals surface area contributed by atoms with Crippen molar-refractivity contribution in [2.75, 3.05) is 0 Å². The summed E-state index contributed by atoms with van der Waals surface area (Å²) in [6.45, 7) is 18.2. The number of imide groups is 1. The molecule has 2 saturated carbocycles. The van der Waals surface area contributed by atoms with E-state index in [1.165, 1.54) is 11.0 Å². The molecule has 0 heterocycles. The lowest BCUT2D eigenvalue weighted by atomic mass is 9.77. The van der Waals surface area contributed by atoms with E-state index >= 15 is 0 Å². The minimum atomic E-state index is -0.323. The van der Waals surface area contributed by atoms with Crippen molar-refractivity contribution in [3.05, 3.63) is 25.3 Å². The molecule has 0 radical (unpaired) electrons. The van der Waals surface area contributed by atoms with Gasteiger partial charge in [-0.2, -0.15) is 0 Å². The summed E-state index contributed by atoms with van der Waals surface area (Å²) >= 11 is 0. The second-order valence-electron chi connectivity index (χ2n) is 5.92. The maximum Gasteiger partial charge on any atom is 0.253 e. The monoisotopic (exact) mass is 293 g/mol. The van der Waals surface area contributed by atoms with Crippen LogP contribution in [0.3, 0.4) is 0 Å². The number of carbonyl (C=O) groups excluding carboxylic acids is 2. The van der Waals surface area contributed by atoms with Gasteiger partial charge in [-0.25, -0.2) is 0 Å². The molecule has 3 nitrogen and oxygen atoms in total. The standard InChI is InChI=1S/C14H21NO2.C2H6.C2H4/c1-5-6-12(17)15(9-16)14(4)10(2)7-11-8-13(11,14)3;2*1-2/h5-6,9-11H,7-8H2,1-4H3;1-2H3;1-2H2/b6-5-;;. The van der Waals surface area contributed by atoms with E-state index in [0.717, 1.165) is 12.8 Å². The average molecular weight is 293 g/mol. The number of hydrogen-bond donors (Lipinski definition) is 0. The third-order valence-corrected chi connectivity index (χ3v) is 5.32. The quantitative estimate of drug-likeness (QED) is 0.444. The Morgan fingerprint density at radius 1 is 1.29 bits per heavy atom. The first-order chi connectivity index (χ1) is 9.91. The van der Waals surface area contributed by atoms with Crippen LogP contribution in [-0.2, 0) is 9.59 Å². The molecule has 120 valence electrons. The maximum absolute atomic E-state index is 12.0. The zero-order valence-electron chi connectivity index (χ0n) is 14.5. The van der Waals surface area contributed by atoms with Crippen LogP contribution in [0, 0.1) is 17.3 Å². The van der Waals surface area contributed by atoms with Crippen LogP contribution in [0.5, 0.6) is 0 Å². The van der Waals surface area contributed by atoms with Crippen molar-refractivity contribution in [1.29, 1.82) is 0 Å². The van der Waals surface area contributed by atoms with E-state index in [9.17, 15) is 9.59 Å². The predicted octanol–water partition coefficient (Wildman–Crippen LogP) is 4.20. The van der Waals surface area contributed by atoms with E-state index in [1.807, 2.05) is 13.8 Å². The Balaban J connectivity index is 0.000000921. The molecule has 0 aromatic carbocycles. The molecule has 0 saturated heterocycles. The molecule has 0 spiro atoms. The average Bonchev–Trinajstić information content (AvgIpc) is 3.10. The predicted molar refractivity (Wildman–Crippen MR) is 88.7 cm³/mol. The van der Waals surface area contributed by atoms with Crippen molar-refractivity contribution in [2.24, 2.45) is 17.3 Å². The minimum Gasteiger partial charge on any atom is -0.278 e. The summed E-state index contributed by atoms with van der Waals surface area (Å²) in [5, 5.41) is 0. The molecule has 2 aliphatic carbocycles. The highest BCUT2D eigenvalue weighted by molar-refractivity contribution is 5.95. The minimum absolute atomic E-state index is 0.130. The van der Waals surface area contributed by atoms with Crippen molar-refractivity contribution in [1.82, 2.24) is 4.90 Å². The SMILES string of the molecule is C/C=C\C(=O)N(C=O)C1(C)C(C)CC2CC21C.C=C.CC. The van der Waals surface area contributed by atoms with Gasteiger partial charge in [-0.1, -0.05) is 33.8 Å². The van der Waals surface area contributed by atoms with Crippen LogP contribution >= 0.6 is 0 Å². The molecule has 0 aromatic heterocycles. The Hall–Kier alpha value is -1.38. The summed E-state index contributed by atoms with van der Waals surface area (Å²) in [7, 11) is 0. The Morgan fingerprint density at radius 3 is 2.14 bits per heavy atom. The Kier molecular flexibility index (Phi) is 7.08. The molecular formula is C18H31NO2. The first kappa shape index (κ1) is 19.6. The fourth-order valence-corrected chi connectivity index (χ4v) is 3.76. The van der Waals surface area contributed by atoms with Gasteiger partial charge >= 0.3 is 0 Å². The van der Waals surface area contributed by atoms with Gasteiger partial charge in [0.2, 0.25) is 6.41 Å². The van der Waals surface area contributed by atoms with E-state index in [0.29, 0.717) is 18.2 Å². The molecule has 0 aromatic rings. The third-order valence-electron chi connectivity index (χ3n) is 5.32. The van der Waals surface area contributed by atoms with Crippen molar-refractivity contribution < 1.29 is 9.59 Å². The van der Waals surface area contributed by atoms with E-state index in [1.54, 1.807) is 13.0 Å². The molecular weight excluding hydrogens is 262 g/mol. The molecule has 4 unspecified atom stereocenters. The maximum atomic E-state index is 12.0. The van der Waals surface area contributed by atoms with Gasteiger partial charge in [0.05, 0.1) is 5.54 Å². The first-order valence-corrected chi connectivity index (χ1v) is 7.83. The van der Waals surface area contributed by atoms with Gasteiger partial charge in [0.1, 0.15) is 0 Å². The first-order valence-electron chi connectivity index (χ1n) is 7.83. The van der Waals surface area contributed by atoms with Crippen LogP contribution in [0.1, 0.15) is 54.4 Å². The summed E-state index contributed by atoms with van der Waals surface area (Å²) < 4.78 is 0. The number of hydrogen-bond acceptors (Lipinski definition) is 2. The fourth-order valence-electron chi connectivity index (χ4n) is 3.76. The highest BCUT2D eigenvalue weighted by Gasteiger charge is 2.70. The van der Waals surface area contributed by atoms with Gasteiger partial charge in [0.25, 0.3) is 5.91 Å². The number of rotatable bonds is 3. The van der Waals surface area contributed by atoms with Crippen molar-refractivity contribution >= 4 is 12.3 Å². The summed E-state index contributed by atoms with van der Waals surface area (Å²) in [5.41, 5.74) is -0.194. The van der Waals surface area contributed by atoms with Crippen LogP contribution in [-0.4, -0.2) is 22.8 Å². The molecule has 2 fully saturated rings. The summed E-state index contributed by atoms with van der Waals surface area (Å²) in [6, 6.07) is 0. The van der Waals surface area contributed by atoms with E-state index < -0.39 is 0 Å². The van der Waals surface area contributed by atoms with Crippen LogP contribution < -0.4 is 0 Å². The van der Waals surface area contributed by atoms with Crippen LogP contribution in [0.2, 0.25) is 0 Å². The van der Waals surface area contributed by atoms with E-state index in [4.69, 9.17) is 0 Å². The number of carbonyl (C=O) groups is 2. The zero-order valence-corrected chi connectivity index (χ0v) is 14.5. The Labute approximate surface area is 130 Å². The topological polar surface area (TPSA) is 37.4 Å².